The first-order valence-electron chi connectivity index (χ1n) is 10.2. The van der Waals surface area contributed by atoms with Crippen LogP contribution in [0.25, 0.3) is 10.9 Å². The van der Waals surface area contributed by atoms with Gasteiger partial charge in [-0.25, -0.2) is 4.79 Å². The molecule has 4 aromatic rings. The summed E-state index contributed by atoms with van der Waals surface area (Å²) in [5.41, 5.74) is 4.47. The minimum Gasteiger partial charge on any atom is -0.334 e. The monoisotopic (exact) mass is 431 g/mol. The summed E-state index contributed by atoms with van der Waals surface area (Å²) in [6, 6.07) is 19.5. The first-order chi connectivity index (χ1) is 15.0. The molecule has 0 radical (unpaired) electrons. The molecule has 31 heavy (non-hydrogen) atoms. The van der Waals surface area contributed by atoms with E-state index in [0.717, 1.165) is 32.5 Å². The standard InChI is InChI=1S/C25H25N3O2S/c1-17-11-18(2)22-13-20(24(29)27-23(22)12-17)15-28(16-21-9-6-10-31-21)25(30)26-14-19-7-4-3-5-8-19/h3-13H,14-16H2,1-2H3,(H,26,30)(H,27,29). The van der Waals surface area contributed by atoms with E-state index in [2.05, 4.69) is 16.4 Å². The number of nitrogens with one attached hydrogen (secondary N) is 2. The van der Waals surface area contributed by atoms with E-state index in [9.17, 15) is 9.59 Å². The highest BCUT2D eigenvalue weighted by molar-refractivity contribution is 7.09. The Labute approximate surface area is 185 Å². The number of H-pyrrole nitrogens is 1. The summed E-state index contributed by atoms with van der Waals surface area (Å²) < 4.78 is 0. The Morgan fingerprint density at radius 3 is 2.58 bits per heavy atom. The molecule has 0 saturated carbocycles. The molecule has 0 bridgehead atoms. The van der Waals surface area contributed by atoms with E-state index >= 15 is 0 Å². The third-order valence-electron chi connectivity index (χ3n) is 5.25. The van der Waals surface area contributed by atoms with Crippen LogP contribution >= 0.6 is 11.3 Å². The molecule has 2 N–H and O–H groups in total. The molecule has 5 nitrogen and oxygen atoms in total. The lowest BCUT2D eigenvalue weighted by Crippen LogP contribution is -2.39. The molecule has 0 fully saturated rings. The van der Waals surface area contributed by atoms with Crippen molar-refractivity contribution in [1.29, 1.82) is 0 Å². The van der Waals surface area contributed by atoms with Crippen LogP contribution in [0.3, 0.4) is 0 Å². The summed E-state index contributed by atoms with van der Waals surface area (Å²) in [7, 11) is 0. The Hall–Kier alpha value is -3.38. The topological polar surface area (TPSA) is 65.2 Å². The zero-order valence-electron chi connectivity index (χ0n) is 17.6. The van der Waals surface area contributed by atoms with Crippen molar-refractivity contribution in [2.75, 3.05) is 0 Å². The zero-order valence-corrected chi connectivity index (χ0v) is 18.5. The van der Waals surface area contributed by atoms with Gasteiger partial charge in [0, 0.05) is 27.9 Å². The molecule has 0 saturated heterocycles. The number of hydrogen-bond acceptors (Lipinski definition) is 3. The third kappa shape index (κ3) is 5.03. The zero-order chi connectivity index (χ0) is 21.8. The summed E-state index contributed by atoms with van der Waals surface area (Å²) in [6.45, 7) is 5.17. The van der Waals surface area contributed by atoms with Gasteiger partial charge in [0.15, 0.2) is 0 Å². The first kappa shape index (κ1) is 20.9. The number of amides is 2. The number of thiophene rings is 1. The smallest absolute Gasteiger partial charge is 0.318 e. The van der Waals surface area contributed by atoms with E-state index in [1.807, 2.05) is 73.8 Å². The normalized spacial score (nSPS) is 10.9. The van der Waals surface area contributed by atoms with Gasteiger partial charge in [0.25, 0.3) is 5.56 Å². The second-order valence-corrected chi connectivity index (χ2v) is 8.78. The Bertz CT molecular complexity index is 1250. The third-order valence-corrected chi connectivity index (χ3v) is 6.11. The molecule has 4 rings (SSSR count). The van der Waals surface area contributed by atoms with E-state index in [1.165, 1.54) is 0 Å². The van der Waals surface area contributed by atoms with E-state index in [1.54, 1.807) is 16.2 Å². The summed E-state index contributed by atoms with van der Waals surface area (Å²) in [4.78, 5) is 31.6. The number of carbonyl (C=O) groups is 1. The van der Waals surface area contributed by atoms with Crippen LogP contribution in [0.5, 0.6) is 0 Å². The summed E-state index contributed by atoms with van der Waals surface area (Å²) in [6.07, 6.45) is 0. The lowest BCUT2D eigenvalue weighted by Gasteiger charge is -2.23. The molecule has 0 unspecified atom stereocenters. The van der Waals surface area contributed by atoms with Gasteiger partial charge in [0.1, 0.15) is 0 Å². The van der Waals surface area contributed by atoms with Crippen molar-refractivity contribution in [3.8, 4) is 0 Å². The highest BCUT2D eigenvalue weighted by Crippen LogP contribution is 2.20. The summed E-state index contributed by atoms with van der Waals surface area (Å²) in [5.74, 6) is 0. The maximum absolute atomic E-state index is 13.0. The van der Waals surface area contributed by atoms with E-state index in [-0.39, 0.29) is 18.1 Å². The lowest BCUT2D eigenvalue weighted by molar-refractivity contribution is 0.192. The van der Waals surface area contributed by atoms with Crippen LogP contribution in [-0.2, 0) is 19.6 Å². The Morgan fingerprint density at radius 2 is 1.84 bits per heavy atom. The van der Waals surface area contributed by atoms with Gasteiger partial charge in [0.05, 0.1) is 13.1 Å². The Kier molecular flexibility index (Phi) is 6.18. The second kappa shape index (κ2) is 9.18. The number of aromatic amines is 1. The number of hydrogen-bond donors (Lipinski definition) is 2. The molecule has 2 aromatic heterocycles. The van der Waals surface area contributed by atoms with Gasteiger partial charge in [-0.05, 0) is 54.1 Å². The molecule has 158 valence electrons. The van der Waals surface area contributed by atoms with E-state index < -0.39 is 0 Å². The van der Waals surface area contributed by atoms with E-state index in [0.29, 0.717) is 18.7 Å². The fourth-order valence-corrected chi connectivity index (χ4v) is 4.43. The summed E-state index contributed by atoms with van der Waals surface area (Å²) in [5, 5.41) is 5.98. The highest BCUT2D eigenvalue weighted by atomic mass is 32.1. The van der Waals surface area contributed by atoms with Gasteiger partial charge in [-0.15, -0.1) is 11.3 Å². The molecule has 0 aliphatic heterocycles. The molecule has 2 heterocycles. The molecular weight excluding hydrogens is 406 g/mol. The van der Waals surface area contributed by atoms with Gasteiger partial charge < -0.3 is 15.2 Å². The first-order valence-corrected chi connectivity index (χ1v) is 11.1. The molecule has 0 aliphatic carbocycles. The highest BCUT2D eigenvalue weighted by Gasteiger charge is 2.17. The fourth-order valence-electron chi connectivity index (χ4n) is 3.71. The van der Waals surface area contributed by atoms with E-state index in [4.69, 9.17) is 0 Å². The van der Waals surface area contributed by atoms with Crippen molar-refractivity contribution in [1.82, 2.24) is 15.2 Å². The van der Waals surface area contributed by atoms with Gasteiger partial charge >= 0.3 is 6.03 Å². The van der Waals surface area contributed by atoms with Crippen molar-refractivity contribution >= 4 is 28.3 Å². The van der Waals surface area contributed by atoms with Crippen molar-refractivity contribution in [3.05, 3.63) is 104 Å². The van der Waals surface area contributed by atoms with Gasteiger partial charge in [0.2, 0.25) is 0 Å². The number of urea groups is 1. The lowest BCUT2D eigenvalue weighted by atomic mass is 10.0. The number of aryl methyl sites for hydroxylation is 2. The second-order valence-electron chi connectivity index (χ2n) is 7.75. The SMILES string of the molecule is Cc1cc(C)c2cc(CN(Cc3cccs3)C(=O)NCc3ccccc3)c(=O)[nH]c2c1. The average molecular weight is 432 g/mol. The molecule has 0 aliphatic rings. The maximum Gasteiger partial charge on any atom is 0.318 e. The van der Waals surface area contributed by atoms with Crippen LogP contribution in [-0.4, -0.2) is 15.9 Å². The average Bonchev–Trinajstić information content (AvgIpc) is 3.26. The van der Waals surface area contributed by atoms with Crippen LogP contribution in [0.1, 0.15) is 27.1 Å². The maximum atomic E-state index is 13.0. The number of aromatic nitrogens is 1. The van der Waals surface area contributed by atoms with Crippen LogP contribution in [0.15, 0.2) is 70.8 Å². The van der Waals surface area contributed by atoms with Crippen molar-refractivity contribution in [2.45, 2.75) is 33.5 Å². The number of fused-ring (bicyclic) bond motifs is 1. The number of carbonyl (C=O) groups excluding carboxylic acids is 1. The van der Waals surface area contributed by atoms with Gasteiger partial charge in [-0.3, -0.25) is 4.79 Å². The number of benzene rings is 2. The van der Waals surface area contributed by atoms with Crippen molar-refractivity contribution in [3.63, 3.8) is 0 Å². The largest absolute Gasteiger partial charge is 0.334 e. The van der Waals surface area contributed by atoms with Crippen LogP contribution in [0, 0.1) is 13.8 Å². The number of pyridine rings is 1. The predicted molar refractivity (Wildman–Crippen MR) is 126 cm³/mol. The Balaban J connectivity index is 1.60. The van der Waals surface area contributed by atoms with Crippen molar-refractivity contribution < 1.29 is 4.79 Å². The molecule has 6 heteroatoms. The summed E-state index contributed by atoms with van der Waals surface area (Å²) >= 11 is 1.60. The van der Waals surface area contributed by atoms with Crippen LogP contribution in [0.2, 0.25) is 0 Å². The van der Waals surface area contributed by atoms with Gasteiger partial charge in [-0.1, -0.05) is 42.5 Å². The molecule has 0 atom stereocenters. The minimum absolute atomic E-state index is 0.162. The minimum atomic E-state index is -0.197. The molecule has 0 spiro atoms. The molecule has 2 aromatic carbocycles. The van der Waals surface area contributed by atoms with Crippen LogP contribution in [0.4, 0.5) is 4.79 Å². The van der Waals surface area contributed by atoms with Crippen molar-refractivity contribution in [2.24, 2.45) is 0 Å². The van der Waals surface area contributed by atoms with Gasteiger partial charge in [-0.2, -0.15) is 0 Å². The molecule has 2 amide bonds. The van der Waals surface area contributed by atoms with Crippen LogP contribution < -0.4 is 10.9 Å². The quantitative estimate of drug-likeness (QED) is 0.445. The predicted octanol–water partition coefficient (Wildman–Crippen LogP) is 5.12. The Morgan fingerprint density at radius 1 is 1.03 bits per heavy atom. The number of rotatable bonds is 6. The number of nitrogens with zero attached hydrogens (tertiary/aromatic N) is 1. The fraction of sp³-hybridized carbons (Fsp3) is 0.200. The molecular formula is C25H25N3O2S.